The molecule has 4 spiro atoms. The lowest BCUT2D eigenvalue weighted by molar-refractivity contribution is -0.297. The first-order valence-electron chi connectivity index (χ1n) is 11.8. The number of methoxy groups -OCH3 is 2. The van der Waals surface area contributed by atoms with Crippen molar-refractivity contribution in [2.75, 3.05) is 14.2 Å². The third-order valence-electron chi connectivity index (χ3n) is 15.1. The van der Waals surface area contributed by atoms with E-state index in [0.717, 1.165) is 35.5 Å². The molecule has 0 aromatic heterocycles. The fourth-order valence-electron chi connectivity index (χ4n) is 17.7. The number of esters is 2. The maximum atomic E-state index is 13.2. The van der Waals surface area contributed by atoms with Gasteiger partial charge in [-0.15, -0.1) is 0 Å². The minimum absolute atomic E-state index is 0.114. The Kier molecular flexibility index (Phi) is 1.36. The molecule has 13 saturated carbocycles. The van der Waals surface area contributed by atoms with Crippen LogP contribution in [0.1, 0.15) is 12.8 Å². The van der Waals surface area contributed by atoms with Crippen molar-refractivity contribution >= 4 is 11.9 Å². The highest BCUT2D eigenvalue weighted by molar-refractivity contribution is 5.84. The molecular weight excluding hydrogens is 352 g/mol. The van der Waals surface area contributed by atoms with Gasteiger partial charge in [0.1, 0.15) is 0 Å². The molecule has 13 fully saturated rings. The molecule has 13 aliphatic rings. The molecule has 0 amide bonds. The van der Waals surface area contributed by atoms with E-state index in [1.807, 2.05) is 0 Å². The van der Waals surface area contributed by atoms with Crippen LogP contribution in [-0.4, -0.2) is 26.2 Å². The number of rotatable bonds is 2. The van der Waals surface area contributed by atoms with E-state index >= 15 is 0 Å². The van der Waals surface area contributed by atoms with Gasteiger partial charge in [-0.2, -0.15) is 0 Å². The molecule has 13 aliphatic carbocycles. The summed E-state index contributed by atoms with van der Waals surface area (Å²) in [5.41, 5.74) is 1.81. The highest BCUT2D eigenvalue weighted by Crippen LogP contribution is 3.23. The Morgan fingerprint density at radius 3 is 1.21 bits per heavy atom. The molecule has 13 rings (SSSR count). The van der Waals surface area contributed by atoms with Gasteiger partial charge in [-0.1, -0.05) is 0 Å². The van der Waals surface area contributed by atoms with Gasteiger partial charge in [0.05, 0.1) is 26.1 Å². The van der Waals surface area contributed by atoms with Gasteiger partial charge in [0.15, 0.2) is 0 Å². The summed E-state index contributed by atoms with van der Waals surface area (Å²) in [5.74, 6) is 9.66. The van der Waals surface area contributed by atoms with Gasteiger partial charge in [0, 0.05) is 0 Å². The van der Waals surface area contributed by atoms with Gasteiger partial charge < -0.3 is 9.47 Å². The Bertz CT molecular complexity index is 893. The molecule has 0 aromatic carbocycles. The third-order valence-corrected chi connectivity index (χ3v) is 15.1. The second-order valence-corrected chi connectivity index (χ2v) is 12.9. The maximum Gasteiger partial charge on any atom is 0.309 e. The van der Waals surface area contributed by atoms with Crippen molar-refractivity contribution in [2.45, 2.75) is 12.8 Å². The number of hydrogen-bond donors (Lipinski definition) is 0. The van der Waals surface area contributed by atoms with E-state index in [-0.39, 0.29) is 23.8 Å². The molecule has 0 radical (unpaired) electrons. The summed E-state index contributed by atoms with van der Waals surface area (Å²) in [6.45, 7) is 0. The number of carbonyl (C=O) groups is 2. The monoisotopic (exact) mass is 376 g/mol. The van der Waals surface area contributed by atoms with Crippen LogP contribution < -0.4 is 0 Å². The summed E-state index contributed by atoms with van der Waals surface area (Å²) < 4.78 is 10.9. The van der Waals surface area contributed by atoms with Crippen molar-refractivity contribution in [3.05, 3.63) is 0 Å². The van der Waals surface area contributed by atoms with Crippen LogP contribution in [0.15, 0.2) is 0 Å². The predicted octanol–water partition coefficient (Wildman–Crippen LogP) is 1.83. The lowest BCUT2D eigenvalue weighted by Crippen LogP contribution is -2.73. The second kappa shape index (κ2) is 2.87. The standard InChI is InChI=1S/C24H24O4/c1-27-19(25)13-15-11-12-16(13)22-6-3-5-9-7-4-8(10(6)9)24(22)18(12)14(20(26)28-2)17(11)23(7,24)21(5,15)22/h5-18H,3-4H2,1-2H3/t5-,6+,7+,8-,9?,10?,11?,12?,13?,14?,15-,16+,17+,18-,21?,22?,23?,24?. The largest absolute Gasteiger partial charge is 0.469 e. The molecule has 0 aliphatic heterocycles. The zero-order valence-corrected chi connectivity index (χ0v) is 16.1. The molecule has 0 saturated heterocycles. The first-order valence-corrected chi connectivity index (χ1v) is 11.8. The Morgan fingerprint density at radius 2 is 0.929 bits per heavy atom. The van der Waals surface area contributed by atoms with Crippen LogP contribution in [0.25, 0.3) is 0 Å². The summed E-state index contributed by atoms with van der Waals surface area (Å²) in [5, 5.41) is 0. The Morgan fingerprint density at radius 1 is 0.607 bits per heavy atom. The zero-order chi connectivity index (χ0) is 18.1. The molecule has 144 valence electrons. The molecule has 0 heterocycles. The maximum absolute atomic E-state index is 13.2. The summed E-state index contributed by atoms with van der Waals surface area (Å²) in [6.07, 6.45) is 2.99. The molecule has 28 heavy (non-hydrogen) atoms. The quantitative estimate of drug-likeness (QED) is 0.690. The van der Waals surface area contributed by atoms with Crippen molar-refractivity contribution in [1.29, 1.82) is 0 Å². The van der Waals surface area contributed by atoms with Crippen LogP contribution in [0.3, 0.4) is 0 Å². The zero-order valence-electron chi connectivity index (χ0n) is 16.1. The Labute approximate surface area is 163 Å². The summed E-state index contributed by atoms with van der Waals surface area (Å²) in [7, 11) is 3.23. The number of ether oxygens (including phenoxy) is 2. The smallest absolute Gasteiger partial charge is 0.309 e. The predicted molar refractivity (Wildman–Crippen MR) is 91.9 cm³/mol. The van der Waals surface area contributed by atoms with E-state index in [4.69, 9.17) is 9.47 Å². The molecule has 8 bridgehead atoms. The van der Waals surface area contributed by atoms with E-state index in [2.05, 4.69) is 0 Å². The lowest BCUT2D eigenvalue weighted by atomic mass is 9.28. The average Bonchev–Trinajstić information content (AvgIpc) is 3.46. The summed E-state index contributed by atoms with van der Waals surface area (Å²) >= 11 is 0. The van der Waals surface area contributed by atoms with Gasteiger partial charge in [0.2, 0.25) is 0 Å². The topological polar surface area (TPSA) is 52.6 Å². The molecule has 4 nitrogen and oxygen atoms in total. The summed E-state index contributed by atoms with van der Waals surface area (Å²) in [4.78, 5) is 26.4. The Balaban J connectivity index is 1.34. The molecule has 0 N–H and O–H groups in total. The van der Waals surface area contributed by atoms with Crippen LogP contribution >= 0.6 is 0 Å². The molecule has 4 heteroatoms. The van der Waals surface area contributed by atoms with Gasteiger partial charge >= 0.3 is 11.9 Å². The van der Waals surface area contributed by atoms with Gasteiger partial charge in [0.25, 0.3) is 0 Å². The highest BCUT2D eigenvalue weighted by atomic mass is 16.5. The van der Waals surface area contributed by atoms with Crippen molar-refractivity contribution < 1.29 is 19.1 Å². The minimum Gasteiger partial charge on any atom is -0.469 e. The number of carbonyl (C=O) groups excluding carboxylic acids is 2. The van der Waals surface area contributed by atoms with Crippen molar-refractivity contribution in [2.24, 2.45) is 105 Å². The van der Waals surface area contributed by atoms with Gasteiger partial charge in [-0.05, 0) is 106 Å². The van der Waals surface area contributed by atoms with E-state index in [9.17, 15) is 9.59 Å². The van der Waals surface area contributed by atoms with Crippen molar-refractivity contribution in [3.8, 4) is 0 Å². The van der Waals surface area contributed by atoms with Crippen LogP contribution in [-0.2, 0) is 19.1 Å². The average molecular weight is 376 g/mol. The molecule has 6 unspecified atom stereocenters. The van der Waals surface area contributed by atoms with E-state index in [1.165, 1.54) is 12.8 Å². The van der Waals surface area contributed by atoms with E-state index < -0.39 is 0 Å². The number of hydrogen-bond acceptors (Lipinski definition) is 4. The minimum atomic E-state index is 0.114. The second-order valence-electron chi connectivity index (χ2n) is 12.9. The Hall–Kier alpha value is -1.06. The normalized spacial score (nSPS) is 85.4. The van der Waals surface area contributed by atoms with Crippen LogP contribution in [0.2, 0.25) is 0 Å². The fourth-order valence-corrected chi connectivity index (χ4v) is 17.7. The van der Waals surface area contributed by atoms with Crippen LogP contribution in [0.4, 0.5) is 0 Å². The first-order chi connectivity index (χ1) is 13.7. The lowest BCUT2D eigenvalue weighted by Gasteiger charge is -2.74. The summed E-state index contributed by atoms with van der Waals surface area (Å²) in [6, 6.07) is 0. The third kappa shape index (κ3) is 0.566. The SMILES string of the molecule is COC(=O)C1[C@H]2C3C4[C@@H]5C(C(=O)OC)[C@H]3C36[C@H]7C[C@@H]8C9C7[C@H]7C[C@@H]9C([C@H]14)(C583)C276. The van der Waals surface area contributed by atoms with Crippen LogP contribution in [0, 0.1) is 105 Å². The van der Waals surface area contributed by atoms with E-state index in [0.29, 0.717) is 57.2 Å². The highest BCUT2D eigenvalue weighted by Gasteiger charge is 3.22. The van der Waals surface area contributed by atoms with E-state index in [1.54, 1.807) is 14.2 Å². The van der Waals surface area contributed by atoms with Crippen molar-refractivity contribution in [1.82, 2.24) is 0 Å². The van der Waals surface area contributed by atoms with Gasteiger partial charge in [-0.3, -0.25) is 9.59 Å². The first kappa shape index (κ1) is 13.3. The van der Waals surface area contributed by atoms with Crippen LogP contribution in [0.5, 0.6) is 0 Å². The fraction of sp³-hybridized carbons (Fsp3) is 0.917. The van der Waals surface area contributed by atoms with Gasteiger partial charge in [-0.25, -0.2) is 0 Å². The molecular formula is C24H24O4. The molecule has 0 aromatic rings. The van der Waals surface area contributed by atoms with Crippen molar-refractivity contribution in [3.63, 3.8) is 0 Å². The molecule has 14 atom stereocenters.